The predicted octanol–water partition coefficient (Wildman–Crippen LogP) is 4.83. The van der Waals surface area contributed by atoms with E-state index >= 15 is 0 Å². The van der Waals surface area contributed by atoms with Crippen LogP contribution in [0.5, 0.6) is 0 Å². The van der Waals surface area contributed by atoms with E-state index in [4.69, 9.17) is 5.73 Å². The number of nitrogens with two attached hydrogens (primary N) is 1. The largest absolute Gasteiger partial charge is 0.330 e. The number of hydrogen-bond acceptors (Lipinski definition) is 3. The van der Waals surface area contributed by atoms with Gasteiger partial charge in [-0.1, -0.05) is 17.7 Å². The van der Waals surface area contributed by atoms with Gasteiger partial charge in [0.05, 0.1) is 0 Å². The molecule has 0 amide bonds. The van der Waals surface area contributed by atoms with Gasteiger partial charge in [0.2, 0.25) is 0 Å². The minimum Gasteiger partial charge on any atom is -0.330 e. The second-order valence-corrected chi connectivity index (χ2v) is 7.72. The summed E-state index contributed by atoms with van der Waals surface area (Å²) in [7, 11) is 0. The summed E-state index contributed by atoms with van der Waals surface area (Å²) in [6.45, 7) is 6.27. The molecule has 1 aliphatic heterocycles. The van der Waals surface area contributed by atoms with Crippen LogP contribution < -0.4 is 5.73 Å². The number of halogens is 1. The fourth-order valence-corrected chi connectivity index (χ4v) is 4.49. The molecule has 1 aromatic carbocycles. The average Bonchev–Trinajstić information content (AvgIpc) is 3.04. The molecule has 2 nitrogen and oxygen atoms in total. The molecule has 3 rings (SSSR count). The number of likely N-dealkylation sites (tertiary alicyclic amines) is 1. The van der Waals surface area contributed by atoms with Gasteiger partial charge in [-0.15, -0.1) is 11.3 Å². The van der Waals surface area contributed by atoms with Gasteiger partial charge in [-0.2, -0.15) is 0 Å². The second-order valence-electron chi connectivity index (χ2n) is 6.81. The molecule has 0 radical (unpaired) electrons. The summed E-state index contributed by atoms with van der Waals surface area (Å²) >= 11 is 1.79. The molecule has 25 heavy (non-hydrogen) atoms. The zero-order chi connectivity index (χ0) is 17.6. The Morgan fingerprint density at radius 3 is 2.48 bits per heavy atom. The molecular weight excluding hydrogens is 331 g/mol. The highest BCUT2D eigenvalue weighted by molar-refractivity contribution is 7.11. The third-order valence-electron chi connectivity index (χ3n) is 4.85. The van der Waals surface area contributed by atoms with Crippen molar-refractivity contribution in [3.63, 3.8) is 0 Å². The van der Waals surface area contributed by atoms with Gasteiger partial charge in [0.1, 0.15) is 5.82 Å². The fraction of sp³-hybridized carbons (Fsp3) is 0.429. The van der Waals surface area contributed by atoms with E-state index in [9.17, 15) is 4.39 Å². The Hall–Kier alpha value is -1.49. The first-order chi connectivity index (χ1) is 12.2. The Kier molecular flexibility index (Phi) is 6.40. The quantitative estimate of drug-likeness (QED) is 0.749. The molecule has 134 valence electrons. The lowest BCUT2D eigenvalue weighted by molar-refractivity contribution is 0.252. The number of unbranched alkanes of at least 4 members (excludes halogenated alkanes) is 1. The van der Waals surface area contributed by atoms with E-state index in [2.05, 4.69) is 23.3 Å². The van der Waals surface area contributed by atoms with E-state index in [-0.39, 0.29) is 5.82 Å². The van der Waals surface area contributed by atoms with Gasteiger partial charge in [0.25, 0.3) is 0 Å². The van der Waals surface area contributed by atoms with Crippen LogP contribution in [-0.2, 0) is 0 Å². The number of hydrogen-bond donors (Lipinski definition) is 1. The van der Waals surface area contributed by atoms with Crippen molar-refractivity contribution >= 4 is 16.9 Å². The Morgan fingerprint density at radius 1 is 1.16 bits per heavy atom. The number of aryl methyl sites for hydroxylation is 1. The molecule has 0 aliphatic carbocycles. The van der Waals surface area contributed by atoms with Gasteiger partial charge in [0.15, 0.2) is 0 Å². The van der Waals surface area contributed by atoms with Crippen molar-refractivity contribution < 1.29 is 4.39 Å². The lowest BCUT2D eigenvalue weighted by Gasteiger charge is -2.30. The number of rotatable bonds is 6. The van der Waals surface area contributed by atoms with Crippen LogP contribution in [0.1, 0.15) is 41.7 Å². The van der Waals surface area contributed by atoms with Crippen molar-refractivity contribution in [3.05, 3.63) is 63.1 Å². The van der Waals surface area contributed by atoms with Crippen molar-refractivity contribution in [2.75, 3.05) is 26.2 Å². The van der Waals surface area contributed by atoms with E-state index in [1.54, 1.807) is 23.5 Å². The molecule has 1 aromatic heterocycles. The lowest BCUT2D eigenvalue weighted by Crippen LogP contribution is -2.32. The van der Waals surface area contributed by atoms with Gasteiger partial charge in [-0.25, -0.2) is 4.39 Å². The summed E-state index contributed by atoms with van der Waals surface area (Å²) < 4.78 is 13.4. The zero-order valence-electron chi connectivity index (χ0n) is 14.9. The molecule has 0 saturated carbocycles. The van der Waals surface area contributed by atoms with Crippen molar-refractivity contribution in [1.29, 1.82) is 0 Å². The first kappa shape index (κ1) is 18.3. The van der Waals surface area contributed by atoms with Gasteiger partial charge in [0, 0.05) is 18.0 Å². The highest BCUT2D eigenvalue weighted by atomic mass is 32.1. The van der Waals surface area contributed by atoms with Crippen LogP contribution in [-0.4, -0.2) is 31.1 Å². The summed E-state index contributed by atoms with van der Waals surface area (Å²) in [5.41, 5.74) is 10.8. The highest BCUT2D eigenvalue weighted by Gasteiger charge is 2.19. The van der Waals surface area contributed by atoms with Crippen LogP contribution >= 0.6 is 11.3 Å². The van der Waals surface area contributed by atoms with Gasteiger partial charge in [-0.3, -0.25) is 0 Å². The molecule has 0 bridgehead atoms. The van der Waals surface area contributed by atoms with Crippen LogP contribution in [0.2, 0.25) is 0 Å². The average molecular weight is 359 g/mol. The molecule has 4 heteroatoms. The van der Waals surface area contributed by atoms with Crippen molar-refractivity contribution in [2.45, 2.75) is 32.6 Å². The Balaban J connectivity index is 1.82. The Morgan fingerprint density at radius 2 is 1.88 bits per heavy atom. The summed E-state index contributed by atoms with van der Waals surface area (Å²) in [6.07, 6.45) is 4.47. The number of piperidine rings is 1. The molecule has 1 fully saturated rings. The van der Waals surface area contributed by atoms with Crippen molar-refractivity contribution in [2.24, 2.45) is 5.73 Å². The fourth-order valence-electron chi connectivity index (χ4n) is 3.48. The first-order valence-electron chi connectivity index (χ1n) is 9.13. The third kappa shape index (κ3) is 4.78. The van der Waals surface area contributed by atoms with Crippen molar-refractivity contribution in [1.82, 2.24) is 4.90 Å². The van der Waals surface area contributed by atoms with E-state index < -0.39 is 0 Å². The molecule has 2 aromatic rings. The van der Waals surface area contributed by atoms with Crippen molar-refractivity contribution in [3.8, 4) is 0 Å². The molecule has 1 aliphatic rings. The number of thiophene rings is 1. The van der Waals surface area contributed by atoms with E-state index in [0.717, 1.165) is 51.0 Å². The standard InChI is InChI=1S/C21H27FN2S/c1-16-14-20(25-15-16)21(17-4-6-19(22)7-5-17)18-8-12-24(13-9-18)11-3-2-10-23/h4-7,14-15H,2-3,8-13,23H2,1H3. The van der Waals surface area contributed by atoms with Crippen LogP contribution in [0.15, 0.2) is 41.3 Å². The van der Waals surface area contributed by atoms with Crippen LogP contribution in [0.4, 0.5) is 4.39 Å². The summed E-state index contributed by atoms with van der Waals surface area (Å²) in [5, 5.41) is 2.20. The minimum atomic E-state index is -0.176. The number of nitrogens with zero attached hydrogens (tertiary/aromatic N) is 1. The maximum Gasteiger partial charge on any atom is 0.123 e. The summed E-state index contributed by atoms with van der Waals surface area (Å²) in [5.74, 6) is -0.176. The first-order valence-corrected chi connectivity index (χ1v) is 10.0. The van der Waals surface area contributed by atoms with Gasteiger partial charge < -0.3 is 10.6 Å². The maximum atomic E-state index is 13.4. The van der Waals surface area contributed by atoms with E-state index in [1.807, 2.05) is 12.1 Å². The number of benzene rings is 1. The second kappa shape index (κ2) is 8.75. The van der Waals surface area contributed by atoms with Crippen LogP contribution in [0.25, 0.3) is 5.57 Å². The highest BCUT2D eigenvalue weighted by Crippen LogP contribution is 2.35. The molecule has 1 saturated heterocycles. The smallest absolute Gasteiger partial charge is 0.123 e. The molecule has 0 spiro atoms. The lowest BCUT2D eigenvalue weighted by atomic mass is 9.91. The van der Waals surface area contributed by atoms with Crippen LogP contribution in [0, 0.1) is 12.7 Å². The zero-order valence-corrected chi connectivity index (χ0v) is 15.7. The Bertz CT molecular complexity index is 708. The van der Waals surface area contributed by atoms with Gasteiger partial charge >= 0.3 is 0 Å². The normalized spacial score (nSPS) is 15.6. The summed E-state index contributed by atoms with van der Waals surface area (Å²) in [4.78, 5) is 3.84. The molecule has 2 heterocycles. The van der Waals surface area contributed by atoms with Crippen LogP contribution in [0.3, 0.4) is 0 Å². The van der Waals surface area contributed by atoms with Gasteiger partial charge in [-0.05, 0) is 86.0 Å². The Labute approximate surface area is 154 Å². The monoisotopic (exact) mass is 358 g/mol. The third-order valence-corrected chi connectivity index (χ3v) is 5.92. The molecular formula is C21H27FN2S. The predicted molar refractivity (Wildman–Crippen MR) is 105 cm³/mol. The molecule has 2 N–H and O–H groups in total. The van der Waals surface area contributed by atoms with E-state index in [0.29, 0.717) is 0 Å². The topological polar surface area (TPSA) is 29.3 Å². The molecule has 0 atom stereocenters. The minimum absolute atomic E-state index is 0.176. The summed E-state index contributed by atoms with van der Waals surface area (Å²) in [6, 6.07) is 9.22. The maximum absolute atomic E-state index is 13.4. The SMILES string of the molecule is Cc1csc(C(=C2CCN(CCCCN)CC2)c2ccc(F)cc2)c1. The van der Waals surface area contributed by atoms with E-state index in [1.165, 1.54) is 28.0 Å². The molecule has 0 unspecified atom stereocenters.